The Morgan fingerprint density at radius 3 is 2.13 bits per heavy atom. The molecule has 0 aliphatic rings. The Morgan fingerprint density at radius 1 is 1.13 bits per heavy atom. The van der Waals surface area contributed by atoms with Gasteiger partial charge in [0, 0.05) is 12.5 Å². The van der Waals surface area contributed by atoms with Gasteiger partial charge in [0.1, 0.15) is 0 Å². The molecule has 0 fully saturated rings. The Labute approximate surface area is 88.1 Å². The monoisotopic (exact) mass is 228 g/mol. The van der Waals surface area contributed by atoms with Crippen LogP contribution in [0.5, 0.6) is 0 Å². The highest BCUT2D eigenvalue weighted by Crippen LogP contribution is 2.28. The molecule has 0 aromatic heterocycles. The normalized spacial score (nSPS) is 16.4. The summed E-state index contributed by atoms with van der Waals surface area (Å²) in [6.45, 7) is 1.39. The molecule has 15 heavy (non-hydrogen) atoms. The van der Waals surface area contributed by atoms with Gasteiger partial charge in [-0.15, -0.1) is 0 Å². The topological polar surface area (TPSA) is 40.5 Å². The van der Waals surface area contributed by atoms with Crippen molar-refractivity contribution in [3.8, 4) is 0 Å². The zero-order chi connectivity index (χ0) is 11.9. The highest BCUT2D eigenvalue weighted by molar-refractivity contribution is 4.74. The first-order valence-electron chi connectivity index (χ1n) is 5.29. The van der Waals surface area contributed by atoms with Crippen LogP contribution in [-0.2, 0) is 0 Å². The van der Waals surface area contributed by atoms with Crippen LogP contribution in [0, 0.1) is 5.92 Å². The Morgan fingerprint density at radius 2 is 1.73 bits per heavy atom. The average molecular weight is 228 g/mol. The van der Waals surface area contributed by atoms with Gasteiger partial charge in [-0.1, -0.05) is 32.6 Å². The van der Waals surface area contributed by atoms with Crippen LogP contribution in [0.1, 0.15) is 39.0 Å². The molecule has 0 aromatic carbocycles. The summed E-state index contributed by atoms with van der Waals surface area (Å²) in [5.74, 6) is -1.08. The second-order valence-electron chi connectivity index (χ2n) is 3.78. The van der Waals surface area contributed by atoms with Gasteiger partial charge in [0.15, 0.2) is 6.10 Å². The van der Waals surface area contributed by atoms with Crippen molar-refractivity contribution in [1.29, 1.82) is 0 Å². The molecular formula is C10H19F3O2. The number of aliphatic hydroxyl groups excluding tert-OH is 2. The highest BCUT2D eigenvalue weighted by atomic mass is 19.4. The Hall–Kier alpha value is -0.290. The minimum absolute atomic E-state index is 0.219. The third-order valence-corrected chi connectivity index (χ3v) is 2.44. The van der Waals surface area contributed by atoms with Crippen LogP contribution in [0.3, 0.4) is 0 Å². The molecule has 0 aromatic rings. The van der Waals surface area contributed by atoms with Gasteiger partial charge in [0.2, 0.25) is 0 Å². The van der Waals surface area contributed by atoms with E-state index in [1.54, 1.807) is 0 Å². The number of halogens is 3. The van der Waals surface area contributed by atoms with E-state index in [1.807, 2.05) is 6.92 Å². The molecule has 0 unspecified atom stereocenters. The smallest absolute Gasteiger partial charge is 0.396 e. The fourth-order valence-corrected chi connectivity index (χ4v) is 1.45. The molecule has 5 heteroatoms. The van der Waals surface area contributed by atoms with Crippen LogP contribution in [0.15, 0.2) is 0 Å². The SMILES string of the molecule is CCCCCC[C@@H](CO)[C@@H](O)C(F)(F)F. The zero-order valence-corrected chi connectivity index (χ0v) is 8.93. The molecule has 0 bridgehead atoms. The highest BCUT2D eigenvalue weighted by Gasteiger charge is 2.42. The van der Waals surface area contributed by atoms with Gasteiger partial charge < -0.3 is 10.2 Å². The van der Waals surface area contributed by atoms with E-state index in [0.29, 0.717) is 6.42 Å². The number of unbranched alkanes of at least 4 members (excludes halogenated alkanes) is 3. The van der Waals surface area contributed by atoms with Gasteiger partial charge in [-0.2, -0.15) is 13.2 Å². The lowest BCUT2D eigenvalue weighted by molar-refractivity contribution is -0.223. The number of rotatable bonds is 7. The molecule has 0 rings (SSSR count). The van der Waals surface area contributed by atoms with Gasteiger partial charge in [0.25, 0.3) is 0 Å². The van der Waals surface area contributed by atoms with Crippen molar-refractivity contribution in [2.24, 2.45) is 5.92 Å². The van der Waals surface area contributed by atoms with Crippen molar-refractivity contribution in [1.82, 2.24) is 0 Å². The molecule has 0 saturated carbocycles. The maximum absolute atomic E-state index is 12.1. The van der Waals surface area contributed by atoms with Crippen LogP contribution in [0.25, 0.3) is 0 Å². The summed E-state index contributed by atoms with van der Waals surface area (Å²) in [6.07, 6.45) is -3.37. The van der Waals surface area contributed by atoms with Gasteiger partial charge in [-0.25, -0.2) is 0 Å². The van der Waals surface area contributed by atoms with E-state index in [2.05, 4.69) is 0 Å². The molecule has 0 radical (unpaired) electrons. The Balaban J connectivity index is 3.91. The third kappa shape index (κ3) is 5.99. The molecule has 0 aliphatic carbocycles. The zero-order valence-electron chi connectivity index (χ0n) is 8.93. The van der Waals surface area contributed by atoms with E-state index in [9.17, 15) is 13.2 Å². The molecule has 0 saturated heterocycles. The maximum Gasteiger partial charge on any atom is 0.414 e. The van der Waals surface area contributed by atoms with Gasteiger partial charge >= 0.3 is 6.18 Å². The fraction of sp³-hybridized carbons (Fsp3) is 1.00. The Kier molecular flexibility index (Phi) is 6.92. The minimum atomic E-state index is -4.63. The van der Waals surface area contributed by atoms with Crippen molar-refractivity contribution in [2.45, 2.75) is 51.3 Å². The second kappa shape index (κ2) is 7.06. The van der Waals surface area contributed by atoms with Gasteiger partial charge in [-0.05, 0) is 6.42 Å². The first kappa shape index (κ1) is 14.7. The van der Waals surface area contributed by atoms with Crippen molar-refractivity contribution in [2.75, 3.05) is 6.61 Å². The predicted molar refractivity (Wildman–Crippen MR) is 51.4 cm³/mol. The lowest BCUT2D eigenvalue weighted by Crippen LogP contribution is -2.37. The number of hydrogen-bond donors (Lipinski definition) is 2. The largest absolute Gasteiger partial charge is 0.414 e. The van der Waals surface area contributed by atoms with Crippen LogP contribution < -0.4 is 0 Å². The van der Waals surface area contributed by atoms with Crippen molar-refractivity contribution in [3.63, 3.8) is 0 Å². The summed E-state index contributed by atoms with van der Waals surface area (Å²) in [5, 5.41) is 17.7. The lowest BCUT2D eigenvalue weighted by Gasteiger charge is -2.22. The predicted octanol–water partition coefficient (Wildman–Crippen LogP) is 2.49. The third-order valence-electron chi connectivity index (χ3n) is 2.44. The molecule has 2 N–H and O–H groups in total. The van der Waals surface area contributed by atoms with E-state index in [1.165, 1.54) is 0 Å². The molecule has 2 nitrogen and oxygen atoms in total. The second-order valence-corrected chi connectivity index (χ2v) is 3.78. The summed E-state index contributed by atoms with van der Waals surface area (Å²) in [5.41, 5.74) is 0. The summed E-state index contributed by atoms with van der Waals surface area (Å²) in [6, 6.07) is 0. The number of hydrogen-bond acceptors (Lipinski definition) is 2. The van der Waals surface area contributed by atoms with Crippen LogP contribution in [0.2, 0.25) is 0 Å². The molecule has 0 aliphatic heterocycles. The quantitative estimate of drug-likeness (QED) is 0.657. The summed E-state index contributed by atoms with van der Waals surface area (Å²) in [4.78, 5) is 0. The lowest BCUT2D eigenvalue weighted by atomic mass is 9.95. The number of aliphatic hydroxyl groups is 2. The summed E-state index contributed by atoms with van der Waals surface area (Å²) in [7, 11) is 0. The van der Waals surface area contributed by atoms with E-state index in [4.69, 9.17) is 10.2 Å². The van der Waals surface area contributed by atoms with E-state index in [-0.39, 0.29) is 6.42 Å². The first-order chi connectivity index (χ1) is 6.93. The standard InChI is InChI=1S/C10H19F3O2/c1-2-3-4-5-6-8(7-14)9(15)10(11,12)13/h8-9,14-15H,2-7H2,1H3/t8-,9+/m0/s1. The van der Waals surface area contributed by atoms with Gasteiger partial charge in [-0.3, -0.25) is 0 Å². The van der Waals surface area contributed by atoms with Crippen LogP contribution in [0.4, 0.5) is 13.2 Å². The summed E-state index contributed by atoms with van der Waals surface area (Å²) >= 11 is 0. The van der Waals surface area contributed by atoms with E-state index >= 15 is 0 Å². The van der Waals surface area contributed by atoms with Gasteiger partial charge in [0.05, 0.1) is 0 Å². The minimum Gasteiger partial charge on any atom is -0.396 e. The average Bonchev–Trinajstić information content (AvgIpc) is 2.16. The van der Waals surface area contributed by atoms with Crippen molar-refractivity contribution in [3.05, 3.63) is 0 Å². The van der Waals surface area contributed by atoms with Crippen LogP contribution >= 0.6 is 0 Å². The van der Waals surface area contributed by atoms with Crippen molar-refractivity contribution >= 4 is 0 Å². The molecule has 0 spiro atoms. The Bertz CT molecular complexity index is 159. The maximum atomic E-state index is 12.1. The van der Waals surface area contributed by atoms with E-state index in [0.717, 1.165) is 19.3 Å². The summed E-state index contributed by atoms with van der Waals surface area (Å²) < 4.78 is 36.3. The molecule has 2 atom stereocenters. The molecular weight excluding hydrogens is 209 g/mol. The van der Waals surface area contributed by atoms with Crippen molar-refractivity contribution < 1.29 is 23.4 Å². The molecule has 92 valence electrons. The number of alkyl halides is 3. The molecule has 0 amide bonds. The van der Waals surface area contributed by atoms with E-state index < -0.39 is 24.8 Å². The molecule has 0 heterocycles. The van der Waals surface area contributed by atoms with Crippen LogP contribution in [-0.4, -0.2) is 29.1 Å². The fourth-order valence-electron chi connectivity index (χ4n) is 1.45. The first-order valence-corrected chi connectivity index (χ1v) is 5.29.